The van der Waals surface area contributed by atoms with Gasteiger partial charge in [0, 0.05) is 17.4 Å². The van der Waals surface area contributed by atoms with Crippen LogP contribution in [0.1, 0.15) is 25.6 Å². The number of hydrogen-bond donors (Lipinski definition) is 1. The molecular weight excluding hydrogens is 433 g/mol. The van der Waals surface area contributed by atoms with E-state index in [1.165, 1.54) is 23.5 Å². The van der Waals surface area contributed by atoms with Crippen LogP contribution in [0, 0.1) is 0 Å². The van der Waals surface area contributed by atoms with Crippen molar-refractivity contribution in [1.82, 2.24) is 5.32 Å². The number of alkyl carbamates (subject to hydrolysis) is 1. The van der Waals surface area contributed by atoms with Crippen LogP contribution in [0.25, 0.3) is 0 Å². The van der Waals surface area contributed by atoms with Crippen molar-refractivity contribution in [1.29, 1.82) is 0 Å². The number of amides is 1. The van der Waals surface area contributed by atoms with Crippen molar-refractivity contribution >= 4 is 58.2 Å². The minimum atomic E-state index is -0.968. The SMILES string of the molecule is CC(C)(C)OC(=O)N[C@@H](Cc1cccs1)C(=O)Oc1cc(Cl)c(Cl)cc1Cl. The molecule has 0 bridgehead atoms. The molecule has 2 rings (SSSR count). The van der Waals surface area contributed by atoms with Crippen LogP contribution in [0.5, 0.6) is 5.75 Å². The second-order valence-corrected chi connectivity index (χ2v) is 8.85. The monoisotopic (exact) mass is 449 g/mol. The number of carbonyl (C=O) groups excluding carboxylic acids is 2. The van der Waals surface area contributed by atoms with E-state index >= 15 is 0 Å². The van der Waals surface area contributed by atoms with E-state index in [0.29, 0.717) is 0 Å². The van der Waals surface area contributed by atoms with Gasteiger partial charge in [0.2, 0.25) is 0 Å². The first-order valence-corrected chi connectivity index (χ1v) is 9.94. The van der Waals surface area contributed by atoms with Crippen molar-refractivity contribution in [3.8, 4) is 5.75 Å². The average Bonchev–Trinajstić information content (AvgIpc) is 3.03. The Morgan fingerprint density at radius 3 is 2.41 bits per heavy atom. The second-order valence-electron chi connectivity index (χ2n) is 6.60. The summed E-state index contributed by atoms with van der Waals surface area (Å²) < 4.78 is 10.6. The summed E-state index contributed by atoms with van der Waals surface area (Å²) in [4.78, 5) is 25.7. The van der Waals surface area contributed by atoms with Gasteiger partial charge in [0.15, 0.2) is 5.75 Å². The summed E-state index contributed by atoms with van der Waals surface area (Å²) in [6.07, 6.45) is -0.476. The molecule has 0 aliphatic heterocycles. The van der Waals surface area contributed by atoms with Gasteiger partial charge in [-0.05, 0) is 38.3 Å². The molecule has 0 unspecified atom stereocenters. The Balaban J connectivity index is 2.17. The Morgan fingerprint density at radius 2 is 1.81 bits per heavy atom. The maximum Gasteiger partial charge on any atom is 0.408 e. The van der Waals surface area contributed by atoms with E-state index in [1.807, 2.05) is 17.5 Å². The van der Waals surface area contributed by atoms with Gasteiger partial charge < -0.3 is 14.8 Å². The molecule has 1 heterocycles. The first kappa shape index (κ1) is 21.8. The summed E-state index contributed by atoms with van der Waals surface area (Å²) >= 11 is 19.3. The number of thiophene rings is 1. The van der Waals surface area contributed by atoms with Crippen LogP contribution in [0.2, 0.25) is 15.1 Å². The molecule has 1 aromatic heterocycles. The lowest BCUT2D eigenvalue weighted by molar-refractivity contribution is -0.136. The number of ether oxygens (including phenoxy) is 2. The lowest BCUT2D eigenvalue weighted by Gasteiger charge is -2.23. The van der Waals surface area contributed by atoms with Gasteiger partial charge in [-0.3, -0.25) is 0 Å². The molecule has 0 fully saturated rings. The Hall–Kier alpha value is -1.47. The second kappa shape index (κ2) is 9.15. The Morgan fingerprint density at radius 1 is 1.15 bits per heavy atom. The fraction of sp³-hybridized carbons (Fsp3) is 0.333. The van der Waals surface area contributed by atoms with Gasteiger partial charge in [-0.15, -0.1) is 11.3 Å². The molecule has 0 saturated heterocycles. The molecule has 1 N–H and O–H groups in total. The molecule has 0 saturated carbocycles. The topological polar surface area (TPSA) is 64.6 Å². The van der Waals surface area contributed by atoms with Crippen molar-refractivity contribution < 1.29 is 19.1 Å². The number of carbonyl (C=O) groups is 2. The van der Waals surface area contributed by atoms with Crippen molar-refractivity contribution in [2.75, 3.05) is 0 Å². The summed E-state index contributed by atoms with van der Waals surface area (Å²) in [5.41, 5.74) is -0.700. The van der Waals surface area contributed by atoms with Crippen LogP contribution in [-0.2, 0) is 16.0 Å². The van der Waals surface area contributed by atoms with Crippen LogP contribution < -0.4 is 10.1 Å². The molecule has 1 amide bonds. The van der Waals surface area contributed by atoms with Gasteiger partial charge in [0.25, 0.3) is 0 Å². The van der Waals surface area contributed by atoms with Crippen molar-refractivity contribution in [3.63, 3.8) is 0 Å². The fourth-order valence-corrected chi connectivity index (χ4v) is 3.36. The van der Waals surface area contributed by atoms with Gasteiger partial charge in [0.05, 0.1) is 15.1 Å². The standard InChI is InChI=1S/C18H18Cl3NO4S/c1-18(2,3)26-17(24)22-14(7-10-5-4-6-27-10)16(23)25-15-9-12(20)11(19)8-13(15)21/h4-6,8-9,14H,7H2,1-3H3,(H,22,24)/t14-/m0/s1. The van der Waals surface area contributed by atoms with E-state index in [-0.39, 0.29) is 27.2 Å². The largest absolute Gasteiger partial charge is 0.444 e. The predicted molar refractivity (Wildman–Crippen MR) is 108 cm³/mol. The zero-order valence-corrected chi connectivity index (χ0v) is 17.9. The third-order valence-electron chi connectivity index (χ3n) is 3.15. The molecule has 5 nitrogen and oxygen atoms in total. The zero-order valence-electron chi connectivity index (χ0n) is 14.8. The van der Waals surface area contributed by atoms with Crippen molar-refractivity contribution in [2.45, 2.75) is 38.8 Å². The van der Waals surface area contributed by atoms with Gasteiger partial charge in [-0.25, -0.2) is 9.59 Å². The van der Waals surface area contributed by atoms with E-state index < -0.39 is 23.7 Å². The number of hydrogen-bond acceptors (Lipinski definition) is 5. The molecule has 9 heteroatoms. The number of esters is 1. The third kappa shape index (κ3) is 6.88. The molecule has 0 spiro atoms. The number of halogens is 3. The molecule has 0 radical (unpaired) electrons. The fourth-order valence-electron chi connectivity index (χ4n) is 2.04. The third-order valence-corrected chi connectivity index (χ3v) is 5.06. The molecule has 0 aliphatic carbocycles. The molecular formula is C18H18Cl3NO4S. The molecule has 146 valence electrons. The lowest BCUT2D eigenvalue weighted by Crippen LogP contribution is -2.46. The first-order valence-electron chi connectivity index (χ1n) is 7.93. The lowest BCUT2D eigenvalue weighted by atomic mass is 10.2. The van der Waals surface area contributed by atoms with Crippen molar-refractivity contribution in [3.05, 3.63) is 49.6 Å². The first-order chi connectivity index (χ1) is 12.5. The predicted octanol–water partition coefficient (Wildman–Crippen LogP) is 5.75. The van der Waals surface area contributed by atoms with E-state index in [1.54, 1.807) is 20.8 Å². The van der Waals surface area contributed by atoms with Gasteiger partial charge in [-0.1, -0.05) is 40.9 Å². The number of nitrogens with one attached hydrogen (secondary N) is 1. The van der Waals surface area contributed by atoms with Gasteiger partial charge in [0.1, 0.15) is 11.6 Å². The number of benzene rings is 1. The van der Waals surface area contributed by atoms with Crippen LogP contribution in [0.4, 0.5) is 4.79 Å². The zero-order chi connectivity index (χ0) is 20.2. The quantitative estimate of drug-likeness (QED) is 0.358. The Labute approximate surface area is 176 Å². The molecule has 27 heavy (non-hydrogen) atoms. The highest BCUT2D eigenvalue weighted by Gasteiger charge is 2.27. The van der Waals surface area contributed by atoms with Crippen LogP contribution >= 0.6 is 46.1 Å². The van der Waals surface area contributed by atoms with Gasteiger partial charge >= 0.3 is 12.1 Å². The molecule has 0 aliphatic rings. The van der Waals surface area contributed by atoms with E-state index in [4.69, 9.17) is 44.3 Å². The van der Waals surface area contributed by atoms with E-state index in [9.17, 15) is 9.59 Å². The summed E-state index contributed by atoms with van der Waals surface area (Å²) in [6.45, 7) is 5.19. The minimum absolute atomic E-state index is 0.0539. The van der Waals surface area contributed by atoms with Gasteiger partial charge in [-0.2, -0.15) is 0 Å². The smallest absolute Gasteiger partial charge is 0.408 e. The summed E-state index contributed by atoms with van der Waals surface area (Å²) in [5.74, 6) is -0.646. The van der Waals surface area contributed by atoms with E-state index in [2.05, 4.69) is 5.32 Å². The number of rotatable bonds is 5. The Bertz CT molecular complexity index is 819. The maximum atomic E-state index is 12.7. The molecule has 1 aromatic carbocycles. The maximum absolute atomic E-state index is 12.7. The minimum Gasteiger partial charge on any atom is -0.444 e. The van der Waals surface area contributed by atoms with E-state index in [0.717, 1.165) is 4.88 Å². The highest BCUT2D eigenvalue weighted by molar-refractivity contribution is 7.09. The van der Waals surface area contributed by atoms with Crippen LogP contribution in [-0.4, -0.2) is 23.7 Å². The summed E-state index contributed by atoms with van der Waals surface area (Å²) in [5, 5.41) is 4.98. The Kier molecular flexibility index (Phi) is 7.40. The van der Waals surface area contributed by atoms with Crippen molar-refractivity contribution in [2.24, 2.45) is 0 Å². The normalized spacial score (nSPS) is 12.4. The van der Waals surface area contributed by atoms with Crippen LogP contribution in [0.3, 0.4) is 0 Å². The summed E-state index contributed by atoms with van der Waals surface area (Å²) in [7, 11) is 0. The molecule has 2 aromatic rings. The highest BCUT2D eigenvalue weighted by Crippen LogP contribution is 2.34. The summed E-state index contributed by atoms with van der Waals surface area (Å²) in [6, 6.07) is 5.47. The average molecular weight is 451 g/mol. The highest BCUT2D eigenvalue weighted by atomic mass is 35.5. The molecule has 1 atom stereocenters. The van der Waals surface area contributed by atoms with Crippen LogP contribution in [0.15, 0.2) is 29.6 Å².